The molecule has 1 fully saturated rings. The molecule has 2 aromatic rings. The van der Waals surface area contributed by atoms with Crippen LogP contribution in [-0.2, 0) is 4.74 Å². The van der Waals surface area contributed by atoms with Crippen molar-refractivity contribution in [3.05, 3.63) is 36.4 Å². The first kappa shape index (κ1) is 19.9. The minimum atomic E-state index is -0.242. The fraction of sp³-hybridized carbons (Fsp3) is 0.476. The van der Waals surface area contributed by atoms with Crippen LogP contribution >= 0.6 is 0 Å². The molecular formula is C21H29N5O2. The van der Waals surface area contributed by atoms with Crippen molar-refractivity contribution in [3.63, 3.8) is 0 Å². The predicted octanol–water partition coefficient (Wildman–Crippen LogP) is 3.49. The number of nitrogens with zero attached hydrogens (tertiary/aromatic N) is 4. The van der Waals surface area contributed by atoms with Gasteiger partial charge in [0.1, 0.15) is 5.82 Å². The van der Waals surface area contributed by atoms with E-state index in [1.807, 2.05) is 31.2 Å². The van der Waals surface area contributed by atoms with Gasteiger partial charge in [-0.05, 0) is 12.8 Å². The average molecular weight is 383 g/mol. The number of rotatable bonds is 6. The number of carbonyl (C=O) groups excluding carboxylic acids is 1. The molecule has 0 bridgehead atoms. The molecule has 2 heterocycles. The zero-order valence-corrected chi connectivity index (χ0v) is 16.9. The maximum absolute atomic E-state index is 11.9. The minimum Gasteiger partial charge on any atom is -0.450 e. The van der Waals surface area contributed by atoms with E-state index in [4.69, 9.17) is 14.7 Å². The van der Waals surface area contributed by atoms with Crippen molar-refractivity contribution < 1.29 is 9.53 Å². The molecule has 1 aromatic carbocycles. The van der Waals surface area contributed by atoms with Gasteiger partial charge in [0.25, 0.3) is 0 Å². The Morgan fingerprint density at radius 2 is 1.86 bits per heavy atom. The predicted molar refractivity (Wildman–Crippen MR) is 112 cm³/mol. The van der Waals surface area contributed by atoms with Crippen molar-refractivity contribution in [2.24, 2.45) is 5.92 Å². The molecule has 1 amide bonds. The maximum Gasteiger partial charge on any atom is 0.409 e. The van der Waals surface area contributed by atoms with Crippen LogP contribution in [0.1, 0.15) is 20.8 Å². The Labute approximate surface area is 166 Å². The number of amides is 1. The summed E-state index contributed by atoms with van der Waals surface area (Å²) in [6.45, 7) is 10.0. The quantitative estimate of drug-likeness (QED) is 0.823. The number of ether oxygens (including phenoxy) is 1. The highest BCUT2D eigenvalue weighted by atomic mass is 16.6. The molecule has 0 saturated carbocycles. The van der Waals surface area contributed by atoms with Crippen molar-refractivity contribution in [3.8, 4) is 11.3 Å². The standard InChI is InChI=1S/C21H29N5O2/c1-4-28-21(27)26-12-10-25(11-13-26)19-14-18(17-8-6-5-7-9-17)23-20(24-19)22-15-16(2)3/h5-9,14,16H,4,10-13,15H2,1-3H3,(H,22,23,24). The van der Waals surface area contributed by atoms with E-state index >= 15 is 0 Å². The highest BCUT2D eigenvalue weighted by molar-refractivity contribution is 5.68. The van der Waals surface area contributed by atoms with Crippen LogP contribution in [0.25, 0.3) is 11.3 Å². The lowest BCUT2D eigenvalue weighted by atomic mass is 10.1. The molecule has 1 aromatic heterocycles. The molecule has 7 heteroatoms. The number of hydrogen-bond donors (Lipinski definition) is 1. The number of aromatic nitrogens is 2. The van der Waals surface area contributed by atoms with E-state index in [1.165, 1.54) is 0 Å². The lowest BCUT2D eigenvalue weighted by molar-refractivity contribution is 0.105. The van der Waals surface area contributed by atoms with Crippen molar-refractivity contribution in [1.82, 2.24) is 14.9 Å². The molecule has 1 saturated heterocycles. The number of anilines is 2. The fourth-order valence-corrected chi connectivity index (χ4v) is 3.06. The smallest absolute Gasteiger partial charge is 0.409 e. The van der Waals surface area contributed by atoms with Crippen LogP contribution in [-0.4, -0.2) is 60.3 Å². The van der Waals surface area contributed by atoms with Gasteiger partial charge in [-0.2, -0.15) is 4.98 Å². The Balaban J connectivity index is 1.80. The van der Waals surface area contributed by atoms with E-state index in [1.54, 1.807) is 4.90 Å². The van der Waals surface area contributed by atoms with Crippen LogP contribution in [0.2, 0.25) is 0 Å². The first-order chi connectivity index (χ1) is 13.6. The summed E-state index contributed by atoms with van der Waals surface area (Å²) in [5.41, 5.74) is 1.95. The second-order valence-corrected chi connectivity index (χ2v) is 7.25. The molecule has 150 valence electrons. The fourth-order valence-electron chi connectivity index (χ4n) is 3.06. The Bertz CT molecular complexity index is 774. The summed E-state index contributed by atoms with van der Waals surface area (Å²) >= 11 is 0. The highest BCUT2D eigenvalue weighted by Crippen LogP contribution is 2.24. The van der Waals surface area contributed by atoms with E-state index in [0.29, 0.717) is 44.7 Å². The van der Waals surface area contributed by atoms with E-state index in [2.05, 4.69) is 36.2 Å². The summed E-state index contributed by atoms with van der Waals surface area (Å²) < 4.78 is 5.11. The van der Waals surface area contributed by atoms with Crippen molar-refractivity contribution in [2.75, 3.05) is 49.5 Å². The molecule has 0 radical (unpaired) electrons. The lowest BCUT2D eigenvalue weighted by Gasteiger charge is -2.35. The molecule has 1 aliphatic heterocycles. The summed E-state index contributed by atoms with van der Waals surface area (Å²) in [7, 11) is 0. The number of piperazine rings is 1. The number of hydrogen-bond acceptors (Lipinski definition) is 6. The monoisotopic (exact) mass is 383 g/mol. The van der Waals surface area contributed by atoms with Crippen LogP contribution in [0.5, 0.6) is 0 Å². The third-order valence-electron chi connectivity index (χ3n) is 4.58. The van der Waals surface area contributed by atoms with Gasteiger partial charge in [-0.25, -0.2) is 9.78 Å². The number of nitrogens with one attached hydrogen (secondary N) is 1. The summed E-state index contributed by atoms with van der Waals surface area (Å²) in [5.74, 6) is 2.02. The van der Waals surface area contributed by atoms with Crippen LogP contribution in [0.3, 0.4) is 0 Å². The van der Waals surface area contributed by atoms with Gasteiger partial charge in [-0.15, -0.1) is 0 Å². The Hall–Kier alpha value is -2.83. The topological polar surface area (TPSA) is 70.6 Å². The van der Waals surface area contributed by atoms with Gasteiger partial charge in [-0.1, -0.05) is 44.2 Å². The van der Waals surface area contributed by atoms with Crippen LogP contribution < -0.4 is 10.2 Å². The van der Waals surface area contributed by atoms with Gasteiger partial charge in [0.15, 0.2) is 0 Å². The summed E-state index contributed by atoms with van der Waals surface area (Å²) in [5, 5.41) is 3.34. The van der Waals surface area contributed by atoms with Crippen molar-refractivity contribution in [2.45, 2.75) is 20.8 Å². The van der Waals surface area contributed by atoms with Crippen LogP contribution in [0.15, 0.2) is 36.4 Å². The van der Waals surface area contributed by atoms with E-state index in [-0.39, 0.29) is 6.09 Å². The minimum absolute atomic E-state index is 0.242. The lowest BCUT2D eigenvalue weighted by Crippen LogP contribution is -2.49. The summed E-state index contributed by atoms with van der Waals surface area (Å²) in [6.07, 6.45) is -0.242. The van der Waals surface area contributed by atoms with Gasteiger partial charge in [0.2, 0.25) is 5.95 Å². The molecule has 0 atom stereocenters. The number of benzene rings is 1. The Morgan fingerprint density at radius 3 is 2.50 bits per heavy atom. The molecule has 0 spiro atoms. The van der Waals surface area contributed by atoms with Crippen LogP contribution in [0, 0.1) is 5.92 Å². The molecule has 28 heavy (non-hydrogen) atoms. The Kier molecular flexibility index (Phi) is 6.68. The first-order valence-corrected chi connectivity index (χ1v) is 9.92. The number of carbonyl (C=O) groups is 1. The molecule has 1 aliphatic rings. The Morgan fingerprint density at radius 1 is 1.14 bits per heavy atom. The van der Waals surface area contributed by atoms with Gasteiger partial charge in [-0.3, -0.25) is 0 Å². The molecule has 1 N–H and O–H groups in total. The van der Waals surface area contributed by atoms with Crippen molar-refractivity contribution in [1.29, 1.82) is 0 Å². The SMILES string of the molecule is CCOC(=O)N1CCN(c2cc(-c3ccccc3)nc(NCC(C)C)n2)CC1. The second kappa shape index (κ2) is 9.39. The normalized spacial score (nSPS) is 14.3. The van der Waals surface area contributed by atoms with E-state index in [9.17, 15) is 4.79 Å². The van der Waals surface area contributed by atoms with Crippen LogP contribution in [0.4, 0.5) is 16.6 Å². The molecule has 7 nitrogen and oxygen atoms in total. The summed E-state index contributed by atoms with van der Waals surface area (Å²) in [4.78, 5) is 25.3. The first-order valence-electron chi connectivity index (χ1n) is 9.92. The third-order valence-corrected chi connectivity index (χ3v) is 4.58. The van der Waals surface area contributed by atoms with Gasteiger partial charge >= 0.3 is 6.09 Å². The third kappa shape index (κ3) is 5.12. The molecule has 3 rings (SSSR count). The maximum atomic E-state index is 11.9. The highest BCUT2D eigenvalue weighted by Gasteiger charge is 2.23. The largest absolute Gasteiger partial charge is 0.450 e. The van der Waals surface area contributed by atoms with Gasteiger partial charge < -0.3 is 19.9 Å². The van der Waals surface area contributed by atoms with Gasteiger partial charge in [0, 0.05) is 44.4 Å². The zero-order chi connectivity index (χ0) is 19.9. The van der Waals surface area contributed by atoms with E-state index in [0.717, 1.165) is 23.6 Å². The second-order valence-electron chi connectivity index (χ2n) is 7.25. The zero-order valence-electron chi connectivity index (χ0n) is 16.9. The average Bonchev–Trinajstić information content (AvgIpc) is 2.73. The summed E-state index contributed by atoms with van der Waals surface area (Å²) in [6, 6.07) is 12.1. The van der Waals surface area contributed by atoms with Gasteiger partial charge in [0.05, 0.1) is 12.3 Å². The molecular weight excluding hydrogens is 354 g/mol. The molecule has 0 aliphatic carbocycles. The van der Waals surface area contributed by atoms with Crippen molar-refractivity contribution >= 4 is 17.9 Å². The molecule has 0 unspecified atom stereocenters. The van der Waals surface area contributed by atoms with E-state index < -0.39 is 0 Å².